The minimum atomic E-state index is -0.0544. The monoisotopic (exact) mass is 310 g/mol. The average molecular weight is 310 g/mol. The number of ether oxygens (including phenoxy) is 1. The van der Waals surface area contributed by atoms with E-state index in [1.54, 1.807) is 13.3 Å². The molecule has 0 saturated carbocycles. The van der Waals surface area contributed by atoms with Gasteiger partial charge in [-0.3, -0.25) is 10.2 Å². The quantitative estimate of drug-likeness (QED) is 0.930. The number of amides is 2. The zero-order valence-corrected chi connectivity index (χ0v) is 13.4. The largest absolute Gasteiger partial charge is 0.486 e. The Morgan fingerprint density at radius 2 is 2.19 bits per heavy atom. The Balaban J connectivity index is 1.60. The van der Waals surface area contributed by atoms with Gasteiger partial charge in [-0.1, -0.05) is 11.3 Å². The van der Waals surface area contributed by atoms with Gasteiger partial charge in [0.05, 0.1) is 13.3 Å². The molecule has 2 fully saturated rings. The van der Waals surface area contributed by atoms with Crippen molar-refractivity contribution in [3.8, 4) is 5.06 Å². The van der Waals surface area contributed by atoms with Crippen molar-refractivity contribution in [3.05, 3.63) is 6.20 Å². The van der Waals surface area contributed by atoms with E-state index in [0.717, 1.165) is 13.0 Å². The molecule has 1 N–H and O–H groups in total. The van der Waals surface area contributed by atoms with Crippen molar-refractivity contribution < 1.29 is 9.53 Å². The van der Waals surface area contributed by atoms with Gasteiger partial charge in [0.2, 0.25) is 0 Å². The molecule has 0 aromatic carbocycles. The minimum Gasteiger partial charge on any atom is -0.486 e. The fourth-order valence-corrected chi connectivity index (χ4v) is 3.97. The van der Waals surface area contributed by atoms with Crippen LogP contribution < -0.4 is 10.1 Å². The summed E-state index contributed by atoms with van der Waals surface area (Å²) in [7, 11) is 1.60. The zero-order valence-electron chi connectivity index (χ0n) is 12.5. The molecular formula is C14H22N4O2S. The molecule has 7 heteroatoms. The zero-order chi connectivity index (χ0) is 14.8. The van der Waals surface area contributed by atoms with Crippen molar-refractivity contribution >= 4 is 22.5 Å². The molecule has 2 atom stereocenters. The summed E-state index contributed by atoms with van der Waals surface area (Å²) in [6.45, 7) is 5.32. The number of anilines is 1. The summed E-state index contributed by atoms with van der Waals surface area (Å²) in [6.07, 6.45) is 5.26. The summed E-state index contributed by atoms with van der Waals surface area (Å²) in [5, 5.41) is 4.17. The van der Waals surface area contributed by atoms with Crippen LogP contribution in [-0.2, 0) is 0 Å². The highest BCUT2D eigenvalue weighted by atomic mass is 32.1. The van der Waals surface area contributed by atoms with E-state index in [0.29, 0.717) is 16.2 Å². The summed E-state index contributed by atoms with van der Waals surface area (Å²) in [4.78, 5) is 21.0. The van der Waals surface area contributed by atoms with Crippen LogP contribution in [0.3, 0.4) is 0 Å². The number of hydrogen-bond donors (Lipinski definition) is 1. The standard InChI is InChI=1S/C14H22N4O2S/c1-10-11(17-6-3-4-7-17)5-8-18(10)14(19)16-13-15-9-12(20-2)21-13/h9-11H,3-8H2,1-2H3,(H,15,16,19). The summed E-state index contributed by atoms with van der Waals surface area (Å²) in [5.41, 5.74) is 0. The molecule has 0 spiro atoms. The average Bonchev–Trinajstić information content (AvgIpc) is 3.18. The van der Waals surface area contributed by atoms with Crippen LogP contribution in [0.15, 0.2) is 6.20 Å². The molecule has 1 aromatic heterocycles. The second-order valence-electron chi connectivity index (χ2n) is 5.65. The second kappa shape index (κ2) is 6.19. The molecule has 3 heterocycles. The van der Waals surface area contributed by atoms with Crippen LogP contribution in [0.25, 0.3) is 0 Å². The summed E-state index contributed by atoms with van der Waals surface area (Å²) in [5.74, 6) is 0. The van der Waals surface area contributed by atoms with Gasteiger partial charge in [-0.25, -0.2) is 9.78 Å². The molecular weight excluding hydrogens is 288 g/mol. The van der Waals surface area contributed by atoms with Gasteiger partial charge in [-0.05, 0) is 39.3 Å². The number of thiazole rings is 1. The van der Waals surface area contributed by atoms with E-state index < -0.39 is 0 Å². The normalized spacial score (nSPS) is 26.3. The molecule has 3 rings (SSSR count). The Labute approximate surface area is 129 Å². The fourth-order valence-electron chi connectivity index (χ4n) is 3.35. The summed E-state index contributed by atoms with van der Waals surface area (Å²) in [6, 6.07) is 0.704. The summed E-state index contributed by atoms with van der Waals surface area (Å²) >= 11 is 1.34. The smallest absolute Gasteiger partial charge is 0.323 e. The van der Waals surface area contributed by atoms with Gasteiger partial charge >= 0.3 is 6.03 Å². The molecule has 2 saturated heterocycles. The van der Waals surface area contributed by atoms with Crippen LogP contribution in [0.4, 0.5) is 9.93 Å². The van der Waals surface area contributed by atoms with E-state index in [4.69, 9.17) is 4.74 Å². The molecule has 1 aromatic rings. The Morgan fingerprint density at radius 1 is 1.43 bits per heavy atom. The molecule has 0 radical (unpaired) electrons. The number of rotatable bonds is 3. The molecule has 0 aliphatic carbocycles. The van der Waals surface area contributed by atoms with Gasteiger partial charge < -0.3 is 9.64 Å². The predicted octanol–water partition coefficient (Wildman–Crippen LogP) is 2.24. The van der Waals surface area contributed by atoms with Crippen molar-refractivity contribution in [2.24, 2.45) is 0 Å². The van der Waals surface area contributed by atoms with Gasteiger partial charge in [0.1, 0.15) is 0 Å². The van der Waals surface area contributed by atoms with Crippen LogP contribution >= 0.6 is 11.3 Å². The third kappa shape index (κ3) is 2.98. The molecule has 2 aliphatic rings. The number of likely N-dealkylation sites (tertiary alicyclic amines) is 2. The number of carbonyl (C=O) groups excluding carboxylic acids is 1. The highest BCUT2D eigenvalue weighted by Crippen LogP contribution is 2.28. The maximum absolute atomic E-state index is 12.4. The van der Waals surface area contributed by atoms with E-state index >= 15 is 0 Å². The number of methoxy groups -OCH3 is 1. The highest BCUT2D eigenvalue weighted by molar-refractivity contribution is 7.17. The second-order valence-corrected chi connectivity index (χ2v) is 6.65. The molecule has 0 bridgehead atoms. The van der Waals surface area contributed by atoms with Crippen molar-refractivity contribution in [1.29, 1.82) is 0 Å². The van der Waals surface area contributed by atoms with Crippen LogP contribution in [0.5, 0.6) is 5.06 Å². The minimum absolute atomic E-state index is 0.0544. The topological polar surface area (TPSA) is 57.7 Å². The van der Waals surface area contributed by atoms with E-state index in [-0.39, 0.29) is 12.1 Å². The predicted molar refractivity (Wildman–Crippen MR) is 83.1 cm³/mol. The van der Waals surface area contributed by atoms with Crippen LogP contribution in [0, 0.1) is 0 Å². The molecule has 6 nitrogen and oxygen atoms in total. The maximum Gasteiger partial charge on any atom is 0.323 e. The summed E-state index contributed by atoms with van der Waals surface area (Å²) < 4.78 is 5.09. The van der Waals surface area contributed by atoms with Crippen molar-refractivity contribution in [2.75, 3.05) is 32.1 Å². The first-order valence-electron chi connectivity index (χ1n) is 7.50. The van der Waals surface area contributed by atoms with E-state index in [1.165, 1.54) is 37.3 Å². The molecule has 116 valence electrons. The lowest BCUT2D eigenvalue weighted by atomic mass is 10.1. The molecule has 2 aliphatic heterocycles. The highest BCUT2D eigenvalue weighted by Gasteiger charge is 2.38. The lowest BCUT2D eigenvalue weighted by Crippen LogP contribution is -2.45. The Morgan fingerprint density at radius 3 is 2.86 bits per heavy atom. The van der Waals surface area contributed by atoms with Crippen LogP contribution in [-0.4, -0.2) is 59.6 Å². The first-order valence-corrected chi connectivity index (χ1v) is 8.32. The number of nitrogens with zero attached hydrogens (tertiary/aromatic N) is 3. The third-order valence-corrected chi connectivity index (χ3v) is 5.36. The van der Waals surface area contributed by atoms with Gasteiger partial charge in [-0.2, -0.15) is 0 Å². The van der Waals surface area contributed by atoms with Crippen molar-refractivity contribution in [3.63, 3.8) is 0 Å². The number of nitrogens with one attached hydrogen (secondary N) is 1. The van der Waals surface area contributed by atoms with Crippen LogP contribution in [0.2, 0.25) is 0 Å². The lowest BCUT2D eigenvalue weighted by Gasteiger charge is -2.30. The lowest BCUT2D eigenvalue weighted by molar-refractivity contribution is 0.177. The van der Waals surface area contributed by atoms with Gasteiger partial charge in [0.25, 0.3) is 0 Å². The molecule has 2 amide bonds. The maximum atomic E-state index is 12.4. The third-order valence-electron chi connectivity index (χ3n) is 4.48. The van der Waals surface area contributed by atoms with E-state index in [2.05, 4.69) is 22.1 Å². The van der Waals surface area contributed by atoms with E-state index in [9.17, 15) is 4.79 Å². The van der Waals surface area contributed by atoms with Crippen LogP contribution in [0.1, 0.15) is 26.2 Å². The Bertz CT molecular complexity index is 501. The van der Waals surface area contributed by atoms with Gasteiger partial charge in [0.15, 0.2) is 10.2 Å². The fraction of sp³-hybridized carbons (Fsp3) is 0.714. The number of aromatic nitrogens is 1. The van der Waals surface area contributed by atoms with Gasteiger partial charge in [0, 0.05) is 18.6 Å². The Hall–Kier alpha value is -1.34. The van der Waals surface area contributed by atoms with Crippen molar-refractivity contribution in [2.45, 2.75) is 38.3 Å². The number of urea groups is 1. The van der Waals surface area contributed by atoms with E-state index in [1.807, 2.05) is 4.90 Å². The molecule has 21 heavy (non-hydrogen) atoms. The molecule has 2 unspecified atom stereocenters. The Kier molecular flexibility index (Phi) is 4.30. The first-order chi connectivity index (χ1) is 10.2. The number of hydrogen-bond acceptors (Lipinski definition) is 5. The number of carbonyl (C=O) groups is 1. The SMILES string of the molecule is COc1cnc(NC(=O)N2CCC(N3CCCC3)C2C)s1. The van der Waals surface area contributed by atoms with Gasteiger partial charge in [-0.15, -0.1) is 0 Å². The first kappa shape index (κ1) is 14.6. The van der Waals surface area contributed by atoms with Crippen molar-refractivity contribution in [1.82, 2.24) is 14.8 Å².